The van der Waals surface area contributed by atoms with Crippen molar-refractivity contribution in [2.75, 3.05) is 56.7 Å². The van der Waals surface area contributed by atoms with Gasteiger partial charge in [-0.15, -0.1) is 0 Å². The van der Waals surface area contributed by atoms with Crippen LogP contribution in [0.4, 0.5) is 62.8 Å². The van der Waals surface area contributed by atoms with Crippen molar-refractivity contribution in [3.63, 3.8) is 0 Å². The normalized spacial score (nSPS) is 17.3. The highest BCUT2D eigenvalue weighted by Crippen LogP contribution is 2.61. The lowest BCUT2D eigenvalue weighted by atomic mass is 9.91. The quantitative estimate of drug-likeness (QED) is 0.0149. The molecule has 3 aromatic rings. The number of hydrogen-bond donors (Lipinski definition) is 3. The van der Waals surface area contributed by atoms with Gasteiger partial charge < -0.3 is 33.7 Å². The van der Waals surface area contributed by atoms with Crippen molar-refractivity contribution in [2.45, 2.75) is 210 Å². The molecule has 0 bridgehead atoms. The van der Waals surface area contributed by atoms with Crippen LogP contribution in [-0.4, -0.2) is 137 Å². The van der Waals surface area contributed by atoms with Crippen molar-refractivity contribution in [1.29, 1.82) is 0 Å². The van der Waals surface area contributed by atoms with Gasteiger partial charge >= 0.3 is 41.5 Å². The number of fused-ring (bicyclic) bond motifs is 2. The summed E-state index contributed by atoms with van der Waals surface area (Å²) >= 11 is 0.803. The number of aliphatic hydroxyl groups excluding tert-OH is 2. The number of alkyl halides is 13. The number of carbonyl (C=O) groups excluding carboxylic acids is 1. The van der Waals surface area contributed by atoms with E-state index in [2.05, 4.69) is 14.5 Å². The van der Waals surface area contributed by atoms with Gasteiger partial charge in [0.15, 0.2) is 6.23 Å². The molecule has 5 atom stereocenters. The molecule has 0 amide bonds. The van der Waals surface area contributed by atoms with Crippen LogP contribution in [0.15, 0.2) is 86.9 Å². The lowest BCUT2D eigenvalue weighted by Crippen LogP contribution is -2.70. The molecule has 6 rings (SSSR count). The van der Waals surface area contributed by atoms with E-state index in [0.29, 0.717) is 59.3 Å². The number of halogens is 13. The number of H-pyrrole nitrogens is 1. The molecule has 3 aliphatic rings. The standard InChI is InChI=1S/C65H83F13N4O9S/c1-5-80(6-2)43-30-32-48-50(39-43)90-51-40-44(81(7-3)8-4)31-33-49(51)54(48)46-28-23-24-29-47(46)58(86)92-42-45(88-38-26-35-60(66,67)61(68,69)62(70,71)63(72,73)64(74,75)65(76,77)78)27-22-20-18-16-14-12-10-9-11-13-15-17-19-21-25-37-89-56-55(85)52(41-83)91-57(56)82-36-34-53(84)79-59(82)87/h23-24,28-34,36,39-40,45,52,55-57,83,85H,5-22,25-27,35,37-38,41-42H2,1-4H3/p+1. The predicted molar refractivity (Wildman–Crippen MR) is 327 cm³/mol. The minimum absolute atomic E-state index is 0.139. The zero-order chi connectivity index (χ0) is 67.7. The maximum absolute atomic E-state index is 14.8. The molecular formula is C65H84F13N4O9S+. The molecule has 3 heterocycles. The number of nitrogens with zero attached hydrogens (tertiary/aromatic N) is 3. The zero-order valence-electron chi connectivity index (χ0n) is 52.1. The fourth-order valence-electron chi connectivity index (χ4n) is 11.5. The third kappa shape index (κ3) is 17.9. The molecular weight excluding hydrogens is 1260 g/mol. The lowest BCUT2D eigenvalue weighted by Gasteiger charge is -2.39. The first-order valence-electron chi connectivity index (χ1n) is 31.6. The third-order valence-corrected chi connectivity index (χ3v) is 17.9. The molecule has 0 spiro atoms. The molecule has 0 radical (unpaired) electrons. The number of ether oxygens (including phenoxy) is 3. The van der Waals surface area contributed by atoms with E-state index in [1.807, 2.05) is 64.1 Å². The Labute approximate surface area is 530 Å². The minimum Gasteiger partial charge on any atom is -0.456 e. The van der Waals surface area contributed by atoms with Crippen LogP contribution in [-0.2, 0) is 14.2 Å². The Kier molecular flexibility index (Phi) is 27.7. The van der Waals surface area contributed by atoms with E-state index in [-0.39, 0.29) is 17.7 Å². The predicted octanol–water partition coefficient (Wildman–Crippen LogP) is 15.1. The van der Waals surface area contributed by atoms with Crippen LogP contribution in [0.2, 0.25) is 0 Å². The molecule has 1 aromatic heterocycles. The maximum atomic E-state index is 14.8. The van der Waals surface area contributed by atoms with Gasteiger partial charge in [-0.05, 0) is 76.8 Å². The molecule has 514 valence electrons. The molecule has 1 fully saturated rings. The van der Waals surface area contributed by atoms with E-state index in [1.165, 1.54) is 6.20 Å². The molecule has 5 unspecified atom stereocenters. The first-order chi connectivity index (χ1) is 43.5. The monoisotopic (exact) mass is 1340 g/mol. The Morgan fingerprint density at radius 3 is 1.86 bits per heavy atom. The summed E-state index contributed by atoms with van der Waals surface area (Å²) in [7, 11) is 0. The maximum Gasteiger partial charge on any atom is 0.460 e. The number of aromatic nitrogens is 2. The van der Waals surface area contributed by atoms with Crippen LogP contribution in [0.25, 0.3) is 33.4 Å². The summed E-state index contributed by atoms with van der Waals surface area (Å²) < 4.78 is 208. The summed E-state index contributed by atoms with van der Waals surface area (Å²) in [6.07, 6.45) is -1.29. The van der Waals surface area contributed by atoms with E-state index in [4.69, 9.17) is 18.6 Å². The number of unbranched alkanes of at least 4 members (excludes halogenated alkanes) is 14. The van der Waals surface area contributed by atoms with Crippen LogP contribution in [0.1, 0.15) is 160 Å². The third-order valence-electron chi connectivity index (χ3n) is 16.8. The van der Waals surface area contributed by atoms with Crippen molar-refractivity contribution in [3.05, 3.63) is 105 Å². The molecule has 1 saturated heterocycles. The number of hydrogen-bond acceptors (Lipinski definition) is 11. The number of benzene rings is 3. The van der Waals surface area contributed by atoms with E-state index in [0.717, 1.165) is 137 Å². The topological polar surface area (TPSA) is 159 Å². The largest absolute Gasteiger partial charge is 0.460 e. The average molecular weight is 1340 g/mol. The van der Waals surface area contributed by atoms with Gasteiger partial charge in [-0.3, -0.25) is 19.1 Å². The van der Waals surface area contributed by atoms with Gasteiger partial charge in [-0.1, -0.05) is 120 Å². The zero-order valence-corrected chi connectivity index (χ0v) is 52.9. The molecule has 3 N–H and O–H groups in total. The van der Waals surface area contributed by atoms with Gasteiger partial charge in [-0.25, -0.2) is 9.37 Å². The number of aliphatic hydroxyl groups is 2. The highest BCUT2D eigenvalue weighted by atomic mass is 32.2. The van der Waals surface area contributed by atoms with Gasteiger partial charge in [0.1, 0.15) is 42.7 Å². The Morgan fingerprint density at radius 2 is 1.28 bits per heavy atom. The minimum atomic E-state index is -7.99. The number of anilines is 1. The molecule has 13 nitrogen and oxygen atoms in total. The number of thioether (sulfide) groups is 1. The summed E-state index contributed by atoms with van der Waals surface area (Å²) in [5.41, 5.74) is 2.37. The highest BCUT2D eigenvalue weighted by Gasteiger charge is 2.90. The van der Waals surface area contributed by atoms with Gasteiger partial charge in [-0.2, -0.15) is 57.1 Å². The van der Waals surface area contributed by atoms with Gasteiger partial charge in [0.05, 0.1) is 18.8 Å². The van der Waals surface area contributed by atoms with E-state index in [9.17, 15) is 81.7 Å². The van der Waals surface area contributed by atoms with Crippen LogP contribution in [0.3, 0.4) is 0 Å². The molecule has 0 saturated carbocycles. The van der Waals surface area contributed by atoms with Crippen LogP contribution in [0, 0.1) is 0 Å². The summed E-state index contributed by atoms with van der Waals surface area (Å²) in [5, 5.41) is 21.4. The van der Waals surface area contributed by atoms with Gasteiger partial charge in [0.25, 0.3) is 5.56 Å². The van der Waals surface area contributed by atoms with Gasteiger partial charge in [0.2, 0.25) is 10.5 Å². The first-order valence-corrected chi connectivity index (χ1v) is 32.6. The number of aromatic amines is 1. The lowest BCUT2D eigenvalue weighted by molar-refractivity contribution is -0.440. The second-order valence-electron chi connectivity index (χ2n) is 23.1. The number of carbonyl (C=O) groups is 1. The molecule has 1 aliphatic carbocycles. The van der Waals surface area contributed by atoms with Crippen molar-refractivity contribution in [2.24, 2.45) is 0 Å². The van der Waals surface area contributed by atoms with Crippen LogP contribution >= 0.6 is 11.8 Å². The molecule has 27 heteroatoms. The molecule has 2 aliphatic heterocycles. The first kappa shape index (κ1) is 75.5. The summed E-state index contributed by atoms with van der Waals surface area (Å²) in [4.78, 5) is 42.7. The molecule has 2 aromatic carbocycles. The Morgan fingerprint density at radius 1 is 0.696 bits per heavy atom. The van der Waals surface area contributed by atoms with Crippen LogP contribution in [0.5, 0.6) is 0 Å². The highest BCUT2D eigenvalue weighted by molar-refractivity contribution is 8.14. The van der Waals surface area contributed by atoms with E-state index < -0.39 is 109 Å². The average Bonchev–Trinajstić information content (AvgIpc) is 0.833. The number of rotatable bonds is 39. The number of nitrogens with one attached hydrogen (secondary N) is 1. The Balaban J connectivity index is 1.02. The second-order valence-corrected chi connectivity index (χ2v) is 24.1. The van der Waals surface area contributed by atoms with Crippen molar-refractivity contribution in [3.8, 4) is 22.5 Å². The van der Waals surface area contributed by atoms with Crippen molar-refractivity contribution < 1.29 is 90.7 Å². The summed E-state index contributed by atoms with van der Waals surface area (Å²) in [5.74, 6) is -36.9. The summed E-state index contributed by atoms with van der Waals surface area (Å²) in [6, 6.07) is 19.7. The fourth-order valence-corrected chi connectivity index (χ4v) is 12.4. The van der Waals surface area contributed by atoms with Crippen LogP contribution < -0.4 is 26.1 Å². The van der Waals surface area contributed by atoms with Crippen molar-refractivity contribution >= 4 is 33.5 Å². The smallest absolute Gasteiger partial charge is 0.456 e. The summed E-state index contributed by atoms with van der Waals surface area (Å²) in [6.45, 7) is 9.92. The fraction of sp³-hybridized carbons (Fsp3) is 0.631. The van der Waals surface area contributed by atoms with E-state index in [1.54, 1.807) is 24.3 Å². The molecule has 92 heavy (non-hydrogen) atoms. The van der Waals surface area contributed by atoms with Crippen molar-refractivity contribution in [1.82, 2.24) is 14.1 Å². The Hall–Kier alpha value is -5.48. The van der Waals surface area contributed by atoms with E-state index >= 15 is 0 Å². The second kappa shape index (κ2) is 33.8. The van der Waals surface area contributed by atoms with Gasteiger partial charge in [0, 0.05) is 90.6 Å². The SMILES string of the molecule is CCN(CC)c1ccc2c(-c3ccccc3C(=O)SCC(CCCCCCCCCCCCCCCCCOC3C(O)C(CO)OC3n3ccc(=O)[nH]c3=O)OCCCC(F)(F)C(F)(F)C(F)(F)C(F)(F)C(F)(F)C(F)(F)F)c3ccc(=[N+](CC)CC)cc-3oc2c1. The Bertz CT molecular complexity index is 3300.